The van der Waals surface area contributed by atoms with Gasteiger partial charge in [-0.3, -0.25) is 10.1 Å². The third-order valence-corrected chi connectivity index (χ3v) is 2.49. The number of nitro benzene ring substituents is 1. The second kappa shape index (κ2) is 3.92. The SMILES string of the molecule is O=[N+]([O-])c1ccc(-c2nc3cccnc3o2)cc1. The summed E-state index contributed by atoms with van der Waals surface area (Å²) < 4.78 is 5.46. The summed E-state index contributed by atoms with van der Waals surface area (Å²) in [6.45, 7) is 0. The topological polar surface area (TPSA) is 82.1 Å². The first kappa shape index (κ1) is 10.4. The summed E-state index contributed by atoms with van der Waals surface area (Å²) in [5, 5.41) is 10.5. The molecule has 0 bridgehead atoms. The Morgan fingerprint density at radius 2 is 1.94 bits per heavy atom. The van der Waals surface area contributed by atoms with E-state index in [1.54, 1.807) is 30.5 Å². The zero-order chi connectivity index (χ0) is 12.5. The zero-order valence-electron chi connectivity index (χ0n) is 9.11. The van der Waals surface area contributed by atoms with Gasteiger partial charge in [0, 0.05) is 23.9 Å². The van der Waals surface area contributed by atoms with Crippen LogP contribution in [0.4, 0.5) is 5.69 Å². The Kier molecular flexibility index (Phi) is 2.26. The highest BCUT2D eigenvalue weighted by molar-refractivity contribution is 5.72. The zero-order valence-corrected chi connectivity index (χ0v) is 9.11. The lowest BCUT2D eigenvalue weighted by Gasteiger charge is -1.94. The van der Waals surface area contributed by atoms with Gasteiger partial charge in [0.05, 0.1) is 4.92 Å². The van der Waals surface area contributed by atoms with Gasteiger partial charge in [0.1, 0.15) is 5.52 Å². The minimum absolute atomic E-state index is 0.0352. The number of benzene rings is 1. The first-order valence-corrected chi connectivity index (χ1v) is 5.20. The van der Waals surface area contributed by atoms with Crippen LogP contribution in [0.2, 0.25) is 0 Å². The van der Waals surface area contributed by atoms with Crippen LogP contribution in [0.5, 0.6) is 0 Å². The van der Waals surface area contributed by atoms with Crippen molar-refractivity contribution in [3.8, 4) is 11.5 Å². The average molecular weight is 241 g/mol. The van der Waals surface area contributed by atoms with E-state index in [2.05, 4.69) is 9.97 Å². The highest BCUT2D eigenvalue weighted by Gasteiger charge is 2.10. The van der Waals surface area contributed by atoms with Gasteiger partial charge in [0.25, 0.3) is 5.69 Å². The number of nitro groups is 1. The number of rotatable bonds is 2. The number of fused-ring (bicyclic) bond motifs is 1. The molecule has 0 amide bonds. The van der Waals surface area contributed by atoms with E-state index in [9.17, 15) is 10.1 Å². The molecule has 2 heterocycles. The first-order valence-electron chi connectivity index (χ1n) is 5.20. The number of pyridine rings is 1. The molecule has 1 aromatic carbocycles. The average Bonchev–Trinajstić information content (AvgIpc) is 2.82. The minimum atomic E-state index is -0.447. The van der Waals surface area contributed by atoms with Gasteiger partial charge < -0.3 is 4.42 Å². The van der Waals surface area contributed by atoms with Crippen molar-refractivity contribution in [2.24, 2.45) is 0 Å². The Morgan fingerprint density at radius 1 is 1.17 bits per heavy atom. The van der Waals surface area contributed by atoms with E-state index >= 15 is 0 Å². The normalized spacial score (nSPS) is 10.7. The van der Waals surface area contributed by atoms with E-state index in [1.807, 2.05) is 0 Å². The standard InChI is InChI=1S/C12H7N3O3/c16-15(17)9-5-3-8(4-6-9)11-14-10-2-1-7-13-12(10)18-11/h1-7H. The summed E-state index contributed by atoms with van der Waals surface area (Å²) in [6, 6.07) is 9.59. The Balaban J connectivity index is 2.06. The summed E-state index contributed by atoms with van der Waals surface area (Å²) in [6.07, 6.45) is 1.62. The van der Waals surface area contributed by atoms with Crippen molar-refractivity contribution >= 4 is 16.9 Å². The van der Waals surface area contributed by atoms with E-state index < -0.39 is 4.92 Å². The lowest BCUT2D eigenvalue weighted by molar-refractivity contribution is -0.384. The number of aromatic nitrogens is 2. The van der Waals surface area contributed by atoms with Gasteiger partial charge in [0.2, 0.25) is 11.6 Å². The predicted molar refractivity (Wildman–Crippen MR) is 63.9 cm³/mol. The smallest absolute Gasteiger partial charge is 0.269 e. The molecule has 6 nitrogen and oxygen atoms in total. The van der Waals surface area contributed by atoms with Crippen molar-refractivity contribution in [3.63, 3.8) is 0 Å². The summed E-state index contributed by atoms with van der Waals surface area (Å²) in [5.41, 5.74) is 1.82. The molecular formula is C12H7N3O3. The number of hydrogen-bond acceptors (Lipinski definition) is 5. The highest BCUT2D eigenvalue weighted by atomic mass is 16.6. The van der Waals surface area contributed by atoms with Crippen molar-refractivity contribution in [2.45, 2.75) is 0 Å². The van der Waals surface area contributed by atoms with Gasteiger partial charge in [-0.05, 0) is 24.3 Å². The lowest BCUT2D eigenvalue weighted by atomic mass is 10.2. The highest BCUT2D eigenvalue weighted by Crippen LogP contribution is 2.24. The van der Waals surface area contributed by atoms with E-state index in [1.165, 1.54) is 12.1 Å². The largest absolute Gasteiger partial charge is 0.418 e. The van der Waals surface area contributed by atoms with Gasteiger partial charge in [-0.15, -0.1) is 0 Å². The van der Waals surface area contributed by atoms with Crippen molar-refractivity contribution < 1.29 is 9.34 Å². The number of hydrogen-bond donors (Lipinski definition) is 0. The number of non-ortho nitro benzene ring substituents is 1. The Bertz CT molecular complexity index is 686. The van der Waals surface area contributed by atoms with Crippen LogP contribution in [-0.2, 0) is 0 Å². The first-order chi connectivity index (χ1) is 8.74. The van der Waals surface area contributed by atoms with E-state index in [0.717, 1.165) is 0 Å². The maximum absolute atomic E-state index is 10.5. The number of nitrogens with zero attached hydrogens (tertiary/aromatic N) is 3. The molecular weight excluding hydrogens is 234 g/mol. The Labute approximate surface area is 101 Å². The molecule has 2 aromatic heterocycles. The molecule has 0 unspecified atom stereocenters. The molecule has 88 valence electrons. The van der Waals surface area contributed by atoms with Crippen LogP contribution in [0.1, 0.15) is 0 Å². The molecule has 0 spiro atoms. The van der Waals surface area contributed by atoms with Gasteiger partial charge >= 0.3 is 0 Å². The van der Waals surface area contributed by atoms with Crippen LogP contribution in [0, 0.1) is 10.1 Å². The van der Waals surface area contributed by atoms with E-state index in [0.29, 0.717) is 22.7 Å². The minimum Gasteiger partial charge on any atom is -0.418 e. The molecule has 0 N–H and O–H groups in total. The molecule has 18 heavy (non-hydrogen) atoms. The number of oxazole rings is 1. The summed E-state index contributed by atoms with van der Waals surface area (Å²) >= 11 is 0. The molecule has 6 heteroatoms. The van der Waals surface area contributed by atoms with Gasteiger partial charge in [-0.25, -0.2) is 9.97 Å². The third-order valence-electron chi connectivity index (χ3n) is 2.49. The maximum atomic E-state index is 10.5. The summed E-state index contributed by atoms with van der Waals surface area (Å²) in [7, 11) is 0. The third kappa shape index (κ3) is 1.69. The molecule has 3 aromatic rings. The quantitative estimate of drug-likeness (QED) is 0.509. The van der Waals surface area contributed by atoms with Gasteiger partial charge in [0.15, 0.2) is 0 Å². The molecule has 3 rings (SSSR count). The van der Waals surface area contributed by atoms with E-state index in [4.69, 9.17) is 4.42 Å². The van der Waals surface area contributed by atoms with Crippen molar-refractivity contribution in [3.05, 3.63) is 52.7 Å². The molecule has 0 aliphatic heterocycles. The van der Waals surface area contributed by atoms with Crippen molar-refractivity contribution in [2.75, 3.05) is 0 Å². The second-order valence-corrected chi connectivity index (χ2v) is 3.65. The second-order valence-electron chi connectivity index (χ2n) is 3.65. The monoisotopic (exact) mass is 241 g/mol. The molecule has 0 saturated carbocycles. The molecule has 0 fully saturated rings. The lowest BCUT2D eigenvalue weighted by Crippen LogP contribution is -1.87. The van der Waals surface area contributed by atoms with Gasteiger partial charge in [-0.2, -0.15) is 0 Å². The van der Waals surface area contributed by atoms with Crippen LogP contribution in [0.25, 0.3) is 22.7 Å². The Morgan fingerprint density at radius 3 is 2.61 bits per heavy atom. The predicted octanol–water partition coefficient (Wildman–Crippen LogP) is 2.80. The van der Waals surface area contributed by atoms with Crippen LogP contribution in [0.3, 0.4) is 0 Å². The fraction of sp³-hybridized carbons (Fsp3) is 0. The maximum Gasteiger partial charge on any atom is 0.269 e. The molecule has 0 radical (unpaired) electrons. The van der Waals surface area contributed by atoms with Crippen molar-refractivity contribution in [1.82, 2.24) is 9.97 Å². The van der Waals surface area contributed by atoms with Crippen LogP contribution in [0.15, 0.2) is 47.0 Å². The molecule has 0 aliphatic carbocycles. The van der Waals surface area contributed by atoms with Crippen LogP contribution >= 0.6 is 0 Å². The summed E-state index contributed by atoms with van der Waals surface area (Å²) in [4.78, 5) is 18.4. The fourth-order valence-corrected chi connectivity index (χ4v) is 1.62. The van der Waals surface area contributed by atoms with E-state index in [-0.39, 0.29) is 5.69 Å². The molecule has 0 saturated heterocycles. The van der Waals surface area contributed by atoms with Gasteiger partial charge in [-0.1, -0.05) is 0 Å². The molecule has 0 aliphatic rings. The van der Waals surface area contributed by atoms with Crippen LogP contribution < -0.4 is 0 Å². The summed E-state index contributed by atoms with van der Waals surface area (Å²) in [5.74, 6) is 0.401. The van der Waals surface area contributed by atoms with Crippen molar-refractivity contribution in [1.29, 1.82) is 0 Å². The molecule has 0 atom stereocenters. The Hall–Kier alpha value is -2.76. The van der Waals surface area contributed by atoms with Crippen LogP contribution in [-0.4, -0.2) is 14.9 Å². The fourth-order valence-electron chi connectivity index (χ4n) is 1.62.